The van der Waals surface area contributed by atoms with Crippen molar-refractivity contribution < 1.29 is 26.4 Å². The topological polar surface area (TPSA) is 204 Å². The van der Waals surface area contributed by atoms with E-state index in [1.54, 1.807) is 66.2 Å². The van der Waals surface area contributed by atoms with E-state index in [4.69, 9.17) is 4.79 Å². The van der Waals surface area contributed by atoms with Crippen LogP contribution in [0.25, 0.3) is 21.5 Å². The van der Waals surface area contributed by atoms with Gasteiger partial charge in [0, 0.05) is 118 Å². The molecule has 1 atom stereocenters. The molecule has 0 bridgehead atoms. The Morgan fingerprint density at radius 2 is 1.39 bits per heavy atom. The van der Waals surface area contributed by atoms with Crippen molar-refractivity contribution in [1.82, 2.24) is 39.5 Å². The number of aromatic amines is 1. The van der Waals surface area contributed by atoms with Crippen LogP contribution in [0.1, 0.15) is 58.1 Å². The van der Waals surface area contributed by atoms with Gasteiger partial charge in [-0.05, 0) is 81.3 Å². The second kappa shape index (κ2) is 29.6. The Kier molecular flexibility index (Phi) is 26.5. The van der Waals surface area contributed by atoms with E-state index in [2.05, 4.69) is 70.2 Å². The van der Waals surface area contributed by atoms with Gasteiger partial charge in [0.1, 0.15) is 6.79 Å². The number of nitrogens with one attached hydrogen (secondary N) is 4. The highest BCUT2D eigenvalue weighted by Gasteiger charge is 2.32. The van der Waals surface area contributed by atoms with Gasteiger partial charge in [0.15, 0.2) is 0 Å². The van der Waals surface area contributed by atoms with Gasteiger partial charge in [-0.25, -0.2) is 16.8 Å². The molecule has 1 unspecified atom stereocenters. The predicted molar refractivity (Wildman–Crippen MR) is 252 cm³/mol. The number of amides is 1. The maximum absolute atomic E-state index is 12.9. The number of alkyl halides is 1. The zero-order valence-corrected chi connectivity index (χ0v) is 39.7. The van der Waals surface area contributed by atoms with Gasteiger partial charge in [0.05, 0.1) is 9.79 Å². The standard InChI is InChI=1S/C14H17N3O3S.C14H17N3O2S.C7H9N.C4H10.C3H7NO.CH3Cl.CH2O/c1-10-9-15-7-8-17(10)21(19,20)13-4-2-3-12-11(13)5-6-16-14(12)18;18-20(19,17-9-2-6-15-8-10-17)14-4-1-3-12-11-16-7-5-13(12)14;1-6-3-4-8-5-7(6)2;1-3-4-2;1-3(5)4-2;2*1-2/h2-6,10,15H,7-9H2,1H3,(H,16,18);1,3-5,7,11,15H,2,6,8-10H2;3-5H,1-2H3;3-4H2,1-2H3;1-2H3,(H,4,5);1H3;1H2. The zero-order valence-electron chi connectivity index (χ0n) is 37.3. The van der Waals surface area contributed by atoms with Crippen molar-refractivity contribution in [2.45, 2.75) is 76.6 Å². The molecule has 2 saturated heterocycles. The Labute approximate surface area is 373 Å². The van der Waals surface area contributed by atoms with Crippen LogP contribution >= 0.6 is 11.6 Å². The van der Waals surface area contributed by atoms with E-state index >= 15 is 0 Å². The number of fused-ring (bicyclic) bond motifs is 2. The van der Waals surface area contributed by atoms with Crippen molar-refractivity contribution in [2.75, 3.05) is 59.2 Å². The Bertz CT molecular complexity index is 2330. The van der Waals surface area contributed by atoms with E-state index in [0.29, 0.717) is 54.9 Å². The smallest absolute Gasteiger partial charge is 0.255 e. The van der Waals surface area contributed by atoms with Gasteiger partial charge in [0.2, 0.25) is 26.0 Å². The maximum atomic E-state index is 12.9. The number of H-pyrrole nitrogens is 1. The molecule has 62 heavy (non-hydrogen) atoms. The highest BCUT2D eigenvalue weighted by molar-refractivity contribution is 7.89. The molecule has 0 spiro atoms. The highest BCUT2D eigenvalue weighted by atomic mass is 35.5. The van der Waals surface area contributed by atoms with E-state index in [1.807, 2.05) is 38.2 Å². The van der Waals surface area contributed by atoms with Gasteiger partial charge in [-0.15, -0.1) is 11.6 Å². The quantitative estimate of drug-likeness (QED) is 0.159. The molecule has 3 aromatic heterocycles. The number of pyridine rings is 3. The maximum Gasteiger partial charge on any atom is 0.255 e. The van der Waals surface area contributed by atoms with Crippen LogP contribution in [0.5, 0.6) is 0 Å². The number of hydrogen-bond donors (Lipinski definition) is 4. The van der Waals surface area contributed by atoms with E-state index in [-0.39, 0.29) is 22.4 Å². The first-order valence-electron chi connectivity index (χ1n) is 20.3. The Balaban J connectivity index is 0.000000430. The number of hydrogen-bond acceptors (Lipinski definition) is 11. The van der Waals surface area contributed by atoms with Crippen molar-refractivity contribution in [1.29, 1.82) is 0 Å². The largest absolute Gasteiger partial charge is 0.359 e. The van der Waals surface area contributed by atoms with Gasteiger partial charge >= 0.3 is 0 Å². The number of aromatic nitrogens is 3. The molecule has 15 nitrogen and oxygen atoms in total. The molecule has 7 rings (SSSR count). The Morgan fingerprint density at radius 3 is 1.97 bits per heavy atom. The van der Waals surface area contributed by atoms with Crippen LogP contribution in [-0.2, 0) is 29.6 Å². The summed E-state index contributed by atoms with van der Waals surface area (Å²) in [6, 6.07) is 15.4. The van der Waals surface area contributed by atoms with Crippen molar-refractivity contribution in [3.63, 3.8) is 0 Å². The fourth-order valence-electron chi connectivity index (χ4n) is 5.78. The molecule has 0 radical (unpaired) electrons. The fourth-order valence-corrected chi connectivity index (χ4v) is 9.32. The summed E-state index contributed by atoms with van der Waals surface area (Å²) in [5, 5.41) is 11.2. The number of benzene rings is 2. The summed E-state index contributed by atoms with van der Waals surface area (Å²) in [5.41, 5.74) is 2.28. The van der Waals surface area contributed by atoms with Crippen molar-refractivity contribution in [3.05, 3.63) is 107 Å². The van der Waals surface area contributed by atoms with E-state index in [1.165, 1.54) is 47.8 Å². The first-order chi connectivity index (χ1) is 29.7. The number of nitrogens with zero attached hydrogens (tertiary/aromatic N) is 4. The monoisotopic (exact) mass is 916 g/mol. The van der Waals surface area contributed by atoms with Gasteiger partial charge in [-0.1, -0.05) is 44.9 Å². The lowest BCUT2D eigenvalue weighted by atomic mass is 10.2. The molecular formula is C44H65ClN8O7S2. The number of halogens is 1. The SMILES string of the molecule is C=O.CC1CNCCN1S(=O)(=O)c1cccc2c(=O)[nH]ccc12.CCCC.CCl.CNC(C)=O.Cc1ccncc1C.O=S(=O)(c1cccc2cnccc12)N1CCCNCC1. The molecule has 2 fully saturated rings. The summed E-state index contributed by atoms with van der Waals surface area (Å²) in [5.74, 6) is 0.00463. The van der Waals surface area contributed by atoms with E-state index in [0.717, 1.165) is 23.7 Å². The molecule has 0 aliphatic carbocycles. The number of unbranched alkanes of at least 4 members (excludes halogenated alkanes) is 1. The van der Waals surface area contributed by atoms with Crippen LogP contribution in [0.4, 0.5) is 0 Å². The number of carbonyl (C=O) groups excluding carboxylic acids is 2. The summed E-state index contributed by atoms with van der Waals surface area (Å²) < 4.78 is 54.6. The minimum Gasteiger partial charge on any atom is -0.359 e. The molecule has 1 amide bonds. The molecule has 2 aromatic carbocycles. The van der Waals surface area contributed by atoms with Crippen LogP contribution in [0, 0.1) is 13.8 Å². The summed E-state index contributed by atoms with van der Waals surface area (Å²) in [6.07, 6.45) is 13.4. The zero-order chi connectivity index (χ0) is 46.7. The molecular weight excluding hydrogens is 852 g/mol. The lowest BCUT2D eigenvalue weighted by molar-refractivity contribution is -0.118. The lowest BCUT2D eigenvalue weighted by Crippen LogP contribution is -2.52. The molecule has 5 heterocycles. The molecule has 5 aromatic rings. The Hall–Kier alpha value is -4.62. The van der Waals surface area contributed by atoms with Crippen LogP contribution in [0.3, 0.4) is 0 Å². The summed E-state index contributed by atoms with van der Waals surface area (Å²) in [7, 11) is -5.46. The van der Waals surface area contributed by atoms with Gasteiger partial charge in [0.25, 0.3) is 5.56 Å². The minimum atomic E-state index is -3.61. The van der Waals surface area contributed by atoms with Gasteiger partial charge in [-0.3, -0.25) is 19.6 Å². The number of rotatable bonds is 5. The normalized spacial score (nSPS) is 15.2. The third-order valence-corrected chi connectivity index (χ3v) is 13.5. The number of aryl methyl sites for hydroxylation is 2. The van der Waals surface area contributed by atoms with Crippen molar-refractivity contribution in [3.8, 4) is 0 Å². The Morgan fingerprint density at radius 1 is 0.790 bits per heavy atom. The molecule has 2 aliphatic rings. The molecule has 0 saturated carbocycles. The average molecular weight is 918 g/mol. The van der Waals surface area contributed by atoms with Crippen LogP contribution in [-0.4, -0.2) is 118 Å². The third kappa shape index (κ3) is 16.9. The van der Waals surface area contributed by atoms with E-state index < -0.39 is 20.0 Å². The molecule has 2 aliphatic heterocycles. The number of piperazine rings is 1. The third-order valence-electron chi connectivity index (χ3n) is 9.51. The predicted octanol–water partition coefficient (Wildman–Crippen LogP) is 5.66. The first-order valence-corrected chi connectivity index (χ1v) is 23.9. The van der Waals surface area contributed by atoms with Crippen LogP contribution < -0.4 is 21.5 Å². The molecule has 4 N–H and O–H groups in total. The van der Waals surface area contributed by atoms with Crippen LogP contribution in [0.2, 0.25) is 0 Å². The van der Waals surface area contributed by atoms with Crippen molar-refractivity contribution >= 4 is 65.9 Å². The second-order valence-corrected chi connectivity index (χ2v) is 17.6. The van der Waals surface area contributed by atoms with Gasteiger partial charge < -0.3 is 25.7 Å². The molecule has 18 heteroatoms. The molecule has 342 valence electrons. The lowest BCUT2D eigenvalue weighted by Gasteiger charge is -2.33. The average Bonchev–Trinajstić information content (AvgIpc) is 3.60. The van der Waals surface area contributed by atoms with Crippen LogP contribution in [0.15, 0.2) is 100 Å². The summed E-state index contributed by atoms with van der Waals surface area (Å²) in [6.45, 7) is 18.2. The summed E-state index contributed by atoms with van der Waals surface area (Å²) >= 11 is 4.64. The second-order valence-electron chi connectivity index (χ2n) is 13.8. The van der Waals surface area contributed by atoms with E-state index in [9.17, 15) is 26.4 Å². The highest BCUT2D eigenvalue weighted by Crippen LogP contribution is 2.27. The fraction of sp³-hybridized carbons (Fsp3) is 0.432. The van der Waals surface area contributed by atoms with Crippen molar-refractivity contribution in [2.24, 2.45) is 0 Å². The summed E-state index contributed by atoms with van der Waals surface area (Å²) in [4.78, 5) is 40.7. The minimum absolute atomic E-state index is 0.00463. The number of carbonyl (C=O) groups is 2. The number of sulfonamides is 2. The first kappa shape index (κ1) is 55.4. The van der Waals surface area contributed by atoms with Gasteiger partial charge in [-0.2, -0.15) is 8.61 Å².